The highest BCUT2D eigenvalue weighted by molar-refractivity contribution is 6.31. The Labute approximate surface area is 184 Å². The summed E-state index contributed by atoms with van der Waals surface area (Å²) in [5.74, 6) is -0.277. The van der Waals surface area contributed by atoms with E-state index < -0.39 is 17.2 Å². The Bertz CT molecular complexity index is 1040. The van der Waals surface area contributed by atoms with Crippen LogP contribution in [-0.4, -0.2) is 22.4 Å². The van der Waals surface area contributed by atoms with Gasteiger partial charge in [0.05, 0.1) is 23.6 Å². The largest absolute Gasteiger partial charge is 0.489 e. The number of para-hydroxylation sites is 1. The lowest BCUT2D eigenvalue weighted by Gasteiger charge is -2.17. The van der Waals surface area contributed by atoms with E-state index >= 15 is 0 Å². The number of aromatic nitrogens is 2. The molecule has 0 radical (unpaired) electrons. The van der Waals surface area contributed by atoms with Gasteiger partial charge in [0, 0.05) is 16.8 Å². The van der Waals surface area contributed by atoms with Gasteiger partial charge in [-0.05, 0) is 38.1 Å². The van der Waals surface area contributed by atoms with E-state index in [2.05, 4.69) is 5.10 Å². The first-order valence-electron chi connectivity index (χ1n) is 9.40. The molecule has 1 atom stereocenters. The lowest BCUT2D eigenvalue weighted by molar-refractivity contribution is 0.0518. The number of ether oxygens (including phenoxy) is 2. The van der Waals surface area contributed by atoms with Gasteiger partial charge in [0.15, 0.2) is 5.69 Å². The zero-order chi connectivity index (χ0) is 21.7. The van der Waals surface area contributed by atoms with Gasteiger partial charge >= 0.3 is 5.97 Å². The summed E-state index contributed by atoms with van der Waals surface area (Å²) < 4.78 is 25.8. The van der Waals surface area contributed by atoms with E-state index in [0.717, 1.165) is 11.3 Å². The van der Waals surface area contributed by atoms with Crippen molar-refractivity contribution < 1.29 is 18.7 Å². The summed E-state index contributed by atoms with van der Waals surface area (Å²) in [4.78, 5) is 11.9. The molecule has 8 heteroatoms. The third-order valence-electron chi connectivity index (χ3n) is 4.45. The molecule has 0 fully saturated rings. The fraction of sp³-hybridized carbons (Fsp3) is 0.273. The van der Waals surface area contributed by atoms with E-state index in [9.17, 15) is 9.18 Å². The molecule has 0 aliphatic carbocycles. The average Bonchev–Trinajstić information content (AvgIpc) is 3.08. The second-order valence-electron chi connectivity index (χ2n) is 6.60. The zero-order valence-corrected chi connectivity index (χ0v) is 18.1. The summed E-state index contributed by atoms with van der Waals surface area (Å²) in [6.45, 7) is 4.38. The van der Waals surface area contributed by atoms with Crippen molar-refractivity contribution in [1.29, 1.82) is 0 Å². The number of halogens is 3. The van der Waals surface area contributed by atoms with Crippen LogP contribution in [0.2, 0.25) is 5.02 Å². The first kappa shape index (κ1) is 22.1. The smallest absolute Gasteiger partial charge is 0.358 e. The molecule has 0 N–H and O–H groups in total. The van der Waals surface area contributed by atoms with Gasteiger partial charge in [0.2, 0.25) is 0 Å². The van der Waals surface area contributed by atoms with Crippen LogP contribution in [0.5, 0.6) is 5.75 Å². The molecule has 3 rings (SSSR count). The second kappa shape index (κ2) is 9.96. The average molecular weight is 451 g/mol. The maximum Gasteiger partial charge on any atom is 0.358 e. The minimum absolute atomic E-state index is 0.174. The van der Waals surface area contributed by atoms with Crippen LogP contribution in [-0.2, 0) is 17.9 Å². The van der Waals surface area contributed by atoms with E-state index in [-0.39, 0.29) is 18.9 Å². The molecule has 0 aliphatic heterocycles. The van der Waals surface area contributed by atoms with Crippen LogP contribution in [0.15, 0.2) is 48.5 Å². The maximum absolute atomic E-state index is 13.2. The normalized spacial score (nSPS) is 11.9. The highest BCUT2D eigenvalue weighted by Gasteiger charge is 2.19. The Morgan fingerprint density at radius 2 is 2.00 bits per heavy atom. The number of hydrogen-bond acceptors (Lipinski definition) is 4. The summed E-state index contributed by atoms with van der Waals surface area (Å²) in [5, 5.41) is 4.14. The first-order valence-corrected chi connectivity index (χ1v) is 10.2. The number of esters is 1. The molecule has 0 amide bonds. The molecule has 0 saturated carbocycles. The summed E-state index contributed by atoms with van der Waals surface area (Å²) >= 11 is 12.7. The highest BCUT2D eigenvalue weighted by atomic mass is 35.5. The lowest BCUT2D eigenvalue weighted by atomic mass is 10.1. The summed E-state index contributed by atoms with van der Waals surface area (Å²) in [5.41, 5.74) is 2.47. The van der Waals surface area contributed by atoms with Crippen LogP contribution in [0.25, 0.3) is 0 Å². The van der Waals surface area contributed by atoms with Crippen molar-refractivity contribution >= 4 is 29.2 Å². The number of hydrogen-bond donors (Lipinski definition) is 0. The molecule has 5 nitrogen and oxygen atoms in total. The van der Waals surface area contributed by atoms with Crippen molar-refractivity contribution in [2.45, 2.75) is 32.4 Å². The number of carbonyl (C=O) groups is 1. The highest BCUT2D eigenvalue weighted by Crippen LogP contribution is 2.32. The molecular formula is C22H21Cl2FN2O3. The van der Waals surface area contributed by atoms with Gasteiger partial charge < -0.3 is 9.47 Å². The Kier molecular flexibility index (Phi) is 7.34. The predicted molar refractivity (Wildman–Crippen MR) is 114 cm³/mol. The lowest BCUT2D eigenvalue weighted by Crippen LogP contribution is -2.11. The van der Waals surface area contributed by atoms with Crippen LogP contribution < -0.4 is 4.74 Å². The van der Waals surface area contributed by atoms with Gasteiger partial charge in [-0.3, -0.25) is 4.68 Å². The third kappa shape index (κ3) is 5.32. The quantitative estimate of drug-likeness (QED) is 0.325. The molecule has 1 heterocycles. The van der Waals surface area contributed by atoms with Crippen LogP contribution in [0.4, 0.5) is 4.39 Å². The molecule has 0 spiro atoms. The number of rotatable bonds is 8. The SMILES string of the molecule is CCOC(=O)c1cc(C)n(CC(Cl)c2ccccc2OCc2ccc(F)cc2Cl)n1. The number of carbonyl (C=O) groups excluding carboxylic acids is 1. The van der Waals surface area contributed by atoms with Crippen molar-refractivity contribution in [2.24, 2.45) is 0 Å². The first-order chi connectivity index (χ1) is 14.4. The van der Waals surface area contributed by atoms with Crippen LogP contribution in [0.3, 0.4) is 0 Å². The monoisotopic (exact) mass is 450 g/mol. The molecule has 30 heavy (non-hydrogen) atoms. The molecule has 2 aromatic carbocycles. The van der Waals surface area contributed by atoms with E-state index in [1.165, 1.54) is 12.1 Å². The van der Waals surface area contributed by atoms with E-state index in [0.29, 0.717) is 22.9 Å². The van der Waals surface area contributed by atoms with Crippen molar-refractivity contribution in [3.8, 4) is 5.75 Å². The van der Waals surface area contributed by atoms with Crippen LogP contribution >= 0.6 is 23.2 Å². The van der Waals surface area contributed by atoms with E-state index in [1.807, 2.05) is 31.2 Å². The predicted octanol–water partition coefficient (Wildman–Crippen LogP) is 5.72. The Hall–Kier alpha value is -2.57. The summed E-state index contributed by atoms with van der Waals surface area (Å²) in [6, 6.07) is 13.2. The molecular weight excluding hydrogens is 430 g/mol. The van der Waals surface area contributed by atoms with Crippen molar-refractivity contribution in [1.82, 2.24) is 9.78 Å². The molecule has 0 bridgehead atoms. The number of nitrogens with zero attached hydrogens (tertiary/aromatic N) is 2. The van der Waals surface area contributed by atoms with Gasteiger partial charge in [-0.2, -0.15) is 5.10 Å². The number of aryl methyl sites for hydroxylation is 1. The molecule has 158 valence electrons. The molecule has 0 saturated heterocycles. The molecule has 3 aromatic rings. The molecule has 0 aliphatic rings. The second-order valence-corrected chi connectivity index (χ2v) is 7.54. The summed E-state index contributed by atoms with van der Waals surface area (Å²) in [6.07, 6.45) is 0. The minimum Gasteiger partial charge on any atom is -0.489 e. The van der Waals surface area contributed by atoms with E-state index in [1.54, 1.807) is 23.7 Å². The van der Waals surface area contributed by atoms with Crippen LogP contribution in [0.1, 0.15) is 39.6 Å². The fourth-order valence-electron chi connectivity index (χ4n) is 2.91. The van der Waals surface area contributed by atoms with Gasteiger partial charge in [-0.1, -0.05) is 35.9 Å². The van der Waals surface area contributed by atoms with Crippen molar-refractivity contribution in [3.63, 3.8) is 0 Å². The standard InChI is InChI=1S/C22H21Cl2FN2O3/c1-3-29-22(28)20-10-14(2)27(26-20)12-19(24)17-6-4-5-7-21(17)30-13-15-8-9-16(25)11-18(15)23/h4-11,19H,3,12-13H2,1-2H3. The van der Waals surface area contributed by atoms with E-state index in [4.69, 9.17) is 32.7 Å². The van der Waals surface area contributed by atoms with Gasteiger partial charge in [-0.15, -0.1) is 11.6 Å². The van der Waals surface area contributed by atoms with Gasteiger partial charge in [0.25, 0.3) is 0 Å². The zero-order valence-electron chi connectivity index (χ0n) is 16.6. The Morgan fingerprint density at radius 3 is 2.73 bits per heavy atom. The molecule has 1 aromatic heterocycles. The number of benzene rings is 2. The topological polar surface area (TPSA) is 53.4 Å². The van der Waals surface area contributed by atoms with Crippen molar-refractivity contribution in [3.05, 3.63) is 81.9 Å². The minimum atomic E-state index is -0.467. The fourth-order valence-corrected chi connectivity index (χ4v) is 3.45. The van der Waals surface area contributed by atoms with Gasteiger partial charge in [0.1, 0.15) is 18.2 Å². The summed E-state index contributed by atoms with van der Waals surface area (Å²) in [7, 11) is 0. The number of alkyl halides is 1. The van der Waals surface area contributed by atoms with Gasteiger partial charge in [-0.25, -0.2) is 9.18 Å². The third-order valence-corrected chi connectivity index (χ3v) is 5.18. The van der Waals surface area contributed by atoms with Crippen molar-refractivity contribution in [2.75, 3.05) is 6.61 Å². The maximum atomic E-state index is 13.2. The molecule has 1 unspecified atom stereocenters. The Balaban J connectivity index is 1.74. The Morgan fingerprint density at radius 1 is 1.23 bits per heavy atom. The van der Waals surface area contributed by atoms with Crippen LogP contribution in [0, 0.1) is 12.7 Å².